The van der Waals surface area contributed by atoms with Gasteiger partial charge in [-0.05, 0) is 24.6 Å². The molecule has 0 aliphatic heterocycles. The van der Waals surface area contributed by atoms with Crippen LogP contribution in [-0.2, 0) is 10.0 Å². The molecule has 2 aromatic carbocycles. The van der Waals surface area contributed by atoms with Gasteiger partial charge in [-0.15, -0.1) is 0 Å². The zero-order valence-corrected chi connectivity index (χ0v) is 14.2. The Labute approximate surface area is 137 Å². The molecule has 5 nitrogen and oxygen atoms in total. The van der Waals surface area contributed by atoms with Gasteiger partial charge in [-0.3, -0.25) is 9.10 Å². The van der Waals surface area contributed by atoms with E-state index in [1.165, 1.54) is 7.05 Å². The molecule has 0 heterocycles. The van der Waals surface area contributed by atoms with Gasteiger partial charge >= 0.3 is 0 Å². The van der Waals surface area contributed by atoms with Gasteiger partial charge in [-0.1, -0.05) is 42.5 Å². The lowest BCUT2D eigenvalue weighted by atomic mass is 10.1. The number of amides is 1. The summed E-state index contributed by atoms with van der Waals surface area (Å²) in [7, 11) is -2.01. The van der Waals surface area contributed by atoms with Crippen LogP contribution in [0.5, 0.6) is 0 Å². The third kappa shape index (κ3) is 4.10. The van der Waals surface area contributed by atoms with E-state index in [1.54, 1.807) is 24.3 Å². The third-order valence-electron chi connectivity index (χ3n) is 3.63. The van der Waals surface area contributed by atoms with Crippen molar-refractivity contribution in [3.63, 3.8) is 0 Å². The van der Waals surface area contributed by atoms with E-state index in [4.69, 9.17) is 0 Å². The molecule has 0 unspecified atom stereocenters. The summed E-state index contributed by atoms with van der Waals surface area (Å²) in [6.45, 7) is 1.89. The van der Waals surface area contributed by atoms with E-state index in [0.717, 1.165) is 16.1 Å². The number of carbonyl (C=O) groups is 1. The predicted molar refractivity (Wildman–Crippen MR) is 92.0 cm³/mol. The van der Waals surface area contributed by atoms with Gasteiger partial charge in [0.2, 0.25) is 10.0 Å². The van der Waals surface area contributed by atoms with Gasteiger partial charge < -0.3 is 5.32 Å². The first-order valence-electron chi connectivity index (χ1n) is 7.19. The third-order valence-corrected chi connectivity index (χ3v) is 4.82. The SMILES string of the molecule is C[C@@H](NC(=O)c1ccccc1N(C)S(C)(=O)=O)c1ccccc1. The van der Waals surface area contributed by atoms with E-state index in [-0.39, 0.29) is 11.9 Å². The number of para-hydroxylation sites is 1. The highest BCUT2D eigenvalue weighted by Crippen LogP contribution is 2.22. The van der Waals surface area contributed by atoms with E-state index < -0.39 is 10.0 Å². The van der Waals surface area contributed by atoms with Gasteiger partial charge in [0.25, 0.3) is 5.91 Å². The Morgan fingerprint density at radius 3 is 2.22 bits per heavy atom. The van der Waals surface area contributed by atoms with Crippen molar-refractivity contribution in [3.05, 3.63) is 65.7 Å². The summed E-state index contributed by atoms with van der Waals surface area (Å²) in [5.74, 6) is -0.313. The molecule has 0 aliphatic rings. The summed E-state index contributed by atoms with van der Waals surface area (Å²) < 4.78 is 24.6. The van der Waals surface area contributed by atoms with Crippen LogP contribution in [0.2, 0.25) is 0 Å². The average molecular weight is 332 g/mol. The molecule has 2 aromatic rings. The number of hydrogen-bond donors (Lipinski definition) is 1. The normalized spacial score (nSPS) is 12.5. The zero-order chi connectivity index (χ0) is 17.0. The fourth-order valence-electron chi connectivity index (χ4n) is 2.22. The van der Waals surface area contributed by atoms with E-state index in [9.17, 15) is 13.2 Å². The number of carbonyl (C=O) groups excluding carboxylic acids is 1. The van der Waals surface area contributed by atoms with Crippen molar-refractivity contribution in [2.45, 2.75) is 13.0 Å². The Morgan fingerprint density at radius 2 is 1.61 bits per heavy atom. The minimum absolute atomic E-state index is 0.180. The molecule has 0 saturated carbocycles. The van der Waals surface area contributed by atoms with Crippen LogP contribution in [0.15, 0.2) is 54.6 Å². The van der Waals surface area contributed by atoms with Gasteiger partial charge in [-0.25, -0.2) is 8.42 Å². The summed E-state index contributed by atoms with van der Waals surface area (Å²) in [6.07, 6.45) is 1.11. The minimum atomic E-state index is -3.44. The molecule has 1 amide bonds. The first-order valence-corrected chi connectivity index (χ1v) is 9.04. The van der Waals surface area contributed by atoms with Crippen molar-refractivity contribution >= 4 is 21.6 Å². The monoisotopic (exact) mass is 332 g/mol. The lowest BCUT2D eigenvalue weighted by Gasteiger charge is -2.21. The number of hydrogen-bond acceptors (Lipinski definition) is 3. The molecule has 122 valence electrons. The number of nitrogens with one attached hydrogen (secondary N) is 1. The van der Waals surface area contributed by atoms with Crippen LogP contribution in [0, 0.1) is 0 Å². The largest absolute Gasteiger partial charge is 0.345 e. The van der Waals surface area contributed by atoms with Crippen molar-refractivity contribution in [1.82, 2.24) is 5.32 Å². The Kier molecular flexibility index (Phi) is 5.05. The second kappa shape index (κ2) is 6.83. The van der Waals surface area contributed by atoms with Crippen molar-refractivity contribution in [2.75, 3.05) is 17.6 Å². The molecule has 1 N–H and O–H groups in total. The average Bonchev–Trinajstić information content (AvgIpc) is 2.54. The molecule has 0 aliphatic carbocycles. The Hall–Kier alpha value is -2.34. The number of benzene rings is 2. The molecular formula is C17H20N2O3S. The van der Waals surface area contributed by atoms with Crippen molar-refractivity contribution in [3.8, 4) is 0 Å². The first kappa shape index (κ1) is 17.0. The molecule has 0 aromatic heterocycles. The van der Waals surface area contributed by atoms with Gasteiger partial charge in [0.1, 0.15) is 0 Å². The molecule has 0 saturated heterocycles. The van der Waals surface area contributed by atoms with Gasteiger partial charge in [0.15, 0.2) is 0 Å². The molecule has 0 bridgehead atoms. The fourth-order valence-corrected chi connectivity index (χ4v) is 2.73. The maximum absolute atomic E-state index is 12.5. The van der Waals surface area contributed by atoms with Crippen LogP contribution in [0.25, 0.3) is 0 Å². The standard InChI is InChI=1S/C17H20N2O3S/c1-13(14-9-5-4-6-10-14)18-17(20)15-11-7-8-12-16(15)19(2)23(3,21)22/h4-13H,1-3H3,(H,18,20)/t13-/m1/s1. The number of anilines is 1. The Morgan fingerprint density at radius 1 is 1.04 bits per heavy atom. The first-order chi connectivity index (χ1) is 10.8. The van der Waals surface area contributed by atoms with Gasteiger partial charge in [0, 0.05) is 7.05 Å². The van der Waals surface area contributed by atoms with Crippen molar-refractivity contribution in [1.29, 1.82) is 0 Å². The molecule has 2 rings (SSSR count). The molecular weight excluding hydrogens is 312 g/mol. The van der Waals surface area contributed by atoms with Gasteiger partial charge in [0.05, 0.1) is 23.5 Å². The van der Waals surface area contributed by atoms with E-state index in [2.05, 4.69) is 5.32 Å². The van der Waals surface area contributed by atoms with Crippen LogP contribution >= 0.6 is 0 Å². The highest BCUT2D eigenvalue weighted by molar-refractivity contribution is 7.92. The molecule has 23 heavy (non-hydrogen) atoms. The summed E-state index contributed by atoms with van der Waals surface area (Å²) in [5.41, 5.74) is 1.66. The van der Waals surface area contributed by atoms with Crippen molar-refractivity contribution < 1.29 is 13.2 Å². The van der Waals surface area contributed by atoms with Crippen LogP contribution in [0.4, 0.5) is 5.69 Å². The van der Waals surface area contributed by atoms with Crippen molar-refractivity contribution in [2.24, 2.45) is 0 Å². The van der Waals surface area contributed by atoms with Crippen LogP contribution in [0.1, 0.15) is 28.9 Å². The fraction of sp³-hybridized carbons (Fsp3) is 0.235. The summed E-state index contributed by atoms with van der Waals surface area (Å²) in [4.78, 5) is 12.5. The molecule has 1 atom stereocenters. The predicted octanol–water partition coefficient (Wildman–Crippen LogP) is 2.57. The Balaban J connectivity index is 2.27. The maximum Gasteiger partial charge on any atom is 0.253 e. The van der Waals surface area contributed by atoms with Crippen LogP contribution in [0.3, 0.4) is 0 Å². The van der Waals surface area contributed by atoms with Crippen LogP contribution in [-0.4, -0.2) is 27.6 Å². The molecule has 0 fully saturated rings. The van der Waals surface area contributed by atoms with Crippen LogP contribution < -0.4 is 9.62 Å². The minimum Gasteiger partial charge on any atom is -0.345 e. The zero-order valence-electron chi connectivity index (χ0n) is 13.4. The topological polar surface area (TPSA) is 66.5 Å². The van der Waals surface area contributed by atoms with E-state index in [1.807, 2.05) is 37.3 Å². The summed E-state index contributed by atoms with van der Waals surface area (Å²) in [5, 5.41) is 2.90. The molecule has 0 radical (unpaired) electrons. The summed E-state index contributed by atoms with van der Waals surface area (Å²) in [6, 6.07) is 16.0. The summed E-state index contributed by atoms with van der Waals surface area (Å²) >= 11 is 0. The quantitative estimate of drug-likeness (QED) is 0.915. The lowest BCUT2D eigenvalue weighted by molar-refractivity contribution is 0.0940. The molecule has 0 spiro atoms. The Bertz CT molecular complexity index is 788. The highest BCUT2D eigenvalue weighted by Gasteiger charge is 2.20. The van der Waals surface area contributed by atoms with E-state index in [0.29, 0.717) is 11.3 Å². The van der Waals surface area contributed by atoms with E-state index >= 15 is 0 Å². The smallest absolute Gasteiger partial charge is 0.253 e. The number of sulfonamides is 1. The second-order valence-electron chi connectivity index (χ2n) is 5.35. The molecule has 6 heteroatoms. The highest BCUT2D eigenvalue weighted by atomic mass is 32.2. The lowest BCUT2D eigenvalue weighted by Crippen LogP contribution is -2.31. The number of nitrogens with zero attached hydrogens (tertiary/aromatic N) is 1. The van der Waals surface area contributed by atoms with Gasteiger partial charge in [-0.2, -0.15) is 0 Å². The maximum atomic E-state index is 12.5. The second-order valence-corrected chi connectivity index (χ2v) is 7.37. The number of rotatable bonds is 5.